The molecule has 6 heteroatoms. The molecule has 1 unspecified atom stereocenters. The van der Waals surface area contributed by atoms with Crippen LogP contribution in [0.15, 0.2) is 35.2 Å². The molecule has 5 nitrogen and oxygen atoms in total. The van der Waals surface area contributed by atoms with Crippen molar-refractivity contribution in [3.63, 3.8) is 0 Å². The zero-order valence-corrected chi connectivity index (χ0v) is 14.8. The molecule has 0 radical (unpaired) electrons. The van der Waals surface area contributed by atoms with Crippen LogP contribution in [0.3, 0.4) is 0 Å². The zero-order valence-electron chi connectivity index (χ0n) is 13.9. The Morgan fingerprint density at radius 3 is 2.42 bits per heavy atom. The summed E-state index contributed by atoms with van der Waals surface area (Å²) in [5.74, 6) is -1.03. The van der Waals surface area contributed by atoms with E-state index in [1.807, 2.05) is 6.07 Å². The summed E-state index contributed by atoms with van der Waals surface area (Å²) < 4.78 is 23.1. The fraction of sp³-hybridized carbons (Fsp3) is 0.556. The monoisotopic (exact) mass is 350 g/mol. The van der Waals surface area contributed by atoms with Crippen LogP contribution in [0, 0.1) is 0 Å². The summed E-state index contributed by atoms with van der Waals surface area (Å²) in [4.78, 5) is 25.0. The van der Waals surface area contributed by atoms with E-state index in [9.17, 15) is 13.8 Å². The Bertz CT molecular complexity index is 665. The van der Waals surface area contributed by atoms with Crippen LogP contribution in [0.1, 0.15) is 46.0 Å². The molecule has 1 saturated heterocycles. The van der Waals surface area contributed by atoms with E-state index in [0.717, 1.165) is 19.3 Å². The van der Waals surface area contributed by atoms with E-state index in [1.165, 1.54) is 6.92 Å². The SMILES string of the molecule is CC(=O)O[C@H]1C2(CCCCC2)OC(=O)[C@@]1(C)S(=O)c1ccccc1. The van der Waals surface area contributed by atoms with Crippen LogP contribution in [0.2, 0.25) is 0 Å². The first kappa shape index (κ1) is 17.1. The second-order valence-corrected chi connectivity index (χ2v) is 8.55. The van der Waals surface area contributed by atoms with Gasteiger partial charge in [0.05, 0.1) is 10.8 Å². The number of esters is 2. The molecule has 0 aromatic heterocycles. The van der Waals surface area contributed by atoms with Gasteiger partial charge in [-0.15, -0.1) is 0 Å². The summed E-state index contributed by atoms with van der Waals surface area (Å²) in [6, 6.07) is 8.79. The third-order valence-electron chi connectivity index (χ3n) is 5.01. The molecule has 1 spiro atoms. The van der Waals surface area contributed by atoms with Crippen LogP contribution in [-0.4, -0.2) is 32.6 Å². The summed E-state index contributed by atoms with van der Waals surface area (Å²) in [5, 5.41) is 0. The fourth-order valence-corrected chi connectivity index (χ4v) is 5.35. The van der Waals surface area contributed by atoms with Gasteiger partial charge in [-0.3, -0.25) is 13.8 Å². The quantitative estimate of drug-likeness (QED) is 0.784. The molecule has 1 aliphatic heterocycles. The Morgan fingerprint density at radius 1 is 1.21 bits per heavy atom. The average Bonchev–Trinajstić information content (AvgIpc) is 2.77. The fourth-order valence-electron chi connectivity index (χ4n) is 3.81. The predicted molar refractivity (Wildman–Crippen MR) is 88.7 cm³/mol. The van der Waals surface area contributed by atoms with Gasteiger partial charge in [0.15, 0.2) is 16.5 Å². The van der Waals surface area contributed by atoms with Gasteiger partial charge in [0.2, 0.25) is 0 Å². The minimum absolute atomic E-state index is 0.487. The molecule has 1 aromatic rings. The zero-order chi connectivity index (χ0) is 17.4. The number of carbonyl (C=O) groups is 2. The van der Waals surface area contributed by atoms with Gasteiger partial charge in [-0.05, 0) is 44.7 Å². The first-order valence-corrected chi connectivity index (χ1v) is 9.43. The van der Waals surface area contributed by atoms with Gasteiger partial charge < -0.3 is 9.47 Å². The molecule has 2 aliphatic rings. The van der Waals surface area contributed by atoms with Crippen LogP contribution in [0.4, 0.5) is 0 Å². The van der Waals surface area contributed by atoms with Crippen molar-refractivity contribution < 1.29 is 23.3 Å². The highest BCUT2D eigenvalue weighted by Gasteiger charge is 2.67. The highest BCUT2D eigenvalue weighted by Crippen LogP contribution is 2.49. The third-order valence-corrected chi connectivity index (χ3v) is 6.86. The molecular weight excluding hydrogens is 328 g/mol. The Labute approximate surface area is 144 Å². The largest absolute Gasteiger partial charge is 0.456 e. The smallest absolute Gasteiger partial charge is 0.329 e. The molecule has 1 saturated carbocycles. The Kier molecular flexibility index (Phi) is 4.51. The van der Waals surface area contributed by atoms with Crippen molar-refractivity contribution in [1.82, 2.24) is 0 Å². The van der Waals surface area contributed by atoms with Crippen LogP contribution in [0.25, 0.3) is 0 Å². The van der Waals surface area contributed by atoms with Crippen LogP contribution >= 0.6 is 0 Å². The number of hydrogen-bond donors (Lipinski definition) is 0. The third kappa shape index (κ3) is 2.66. The molecular formula is C18H22O5S. The Hall–Kier alpha value is -1.69. The molecule has 1 aromatic carbocycles. The minimum Gasteiger partial charge on any atom is -0.456 e. The maximum Gasteiger partial charge on any atom is 0.329 e. The topological polar surface area (TPSA) is 69.7 Å². The lowest BCUT2D eigenvalue weighted by molar-refractivity contribution is -0.166. The van der Waals surface area contributed by atoms with E-state index in [0.29, 0.717) is 17.7 Å². The van der Waals surface area contributed by atoms with E-state index in [4.69, 9.17) is 9.47 Å². The van der Waals surface area contributed by atoms with Crippen molar-refractivity contribution in [2.24, 2.45) is 0 Å². The van der Waals surface area contributed by atoms with Gasteiger partial charge in [-0.2, -0.15) is 0 Å². The van der Waals surface area contributed by atoms with E-state index < -0.39 is 39.2 Å². The van der Waals surface area contributed by atoms with Gasteiger partial charge in [0, 0.05) is 11.8 Å². The molecule has 2 fully saturated rings. The number of ether oxygens (including phenoxy) is 2. The van der Waals surface area contributed by atoms with Gasteiger partial charge in [0.1, 0.15) is 0 Å². The van der Waals surface area contributed by atoms with Crippen molar-refractivity contribution in [3.05, 3.63) is 30.3 Å². The second-order valence-electron chi connectivity index (χ2n) is 6.69. The molecule has 1 aliphatic carbocycles. The summed E-state index contributed by atoms with van der Waals surface area (Å²) in [7, 11) is -1.68. The van der Waals surface area contributed by atoms with Gasteiger partial charge >= 0.3 is 11.9 Å². The Morgan fingerprint density at radius 2 is 1.83 bits per heavy atom. The number of hydrogen-bond acceptors (Lipinski definition) is 5. The molecule has 0 N–H and O–H groups in total. The van der Waals surface area contributed by atoms with Crippen LogP contribution in [-0.2, 0) is 29.9 Å². The Balaban J connectivity index is 2.04. The predicted octanol–water partition coefficient (Wildman–Crippen LogP) is 2.74. The van der Waals surface area contributed by atoms with Gasteiger partial charge in [-0.1, -0.05) is 24.6 Å². The van der Waals surface area contributed by atoms with Crippen molar-refractivity contribution >= 4 is 22.7 Å². The normalized spacial score (nSPS) is 29.9. The molecule has 130 valence electrons. The molecule has 0 amide bonds. The number of rotatable bonds is 3. The standard InChI is InChI=1S/C18H22O5S/c1-13(19)22-15-17(2,24(21)14-9-5-3-6-10-14)16(20)23-18(15)11-7-4-8-12-18/h3,5-6,9-10,15H,4,7-8,11-12H2,1-2H3/t15-,17+,24?/m1/s1. The minimum atomic E-state index is -1.68. The summed E-state index contributed by atoms with van der Waals surface area (Å²) in [5.41, 5.74) is -0.847. The summed E-state index contributed by atoms with van der Waals surface area (Å²) in [6.45, 7) is 2.90. The lowest BCUT2D eigenvalue weighted by Crippen LogP contribution is -2.54. The highest BCUT2D eigenvalue weighted by molar-refractivity contribution is 7.87. The van der Waals surface area contributed by atoms with E-state index in [2.05, 4.69) is 0 Å². The maximum atomic E-state index is 13.2. The van der Waals surface area contributed by atoms with Crippen molar-refractivity contribution in [3.8, 4) is 0 Å². The summed E-state index contributed by atoms with van der Waals surface area (Å²) >= 11 is 0. The van der Waals surface area contributed by atoms with Crippen LogP contribution < -0.4 is 0 Å². The van der Waals surface area contributed by atoms with Crippen molar-refractivity contribution in [2.45, 2.75) is 67.3 Å². The molecule has 0 bridgehead atoms. The lowest BCUT2D eigenvalue weighted by Gasteiger charge is -2.38. The van der Waals surface area contributed by atoms with Crippen LogP contribution in [0.5, 0.6) is 0 Å². The number of carbonyl (C=O) groups excluding carboxylic acids is 2. The van der Waals surface area contributed by atoms with E-state index in [-0.39, 0.29) is 0 Å². The van der Waals surface area contributed by atoms with Crippen molar-refractivity contribution in [2.75, 3.05) is 0 Å². The first-order valence-electron chi connectivity index (χ1n) is 8.28. The number of benzene rings is 1. The average molecular weight is 350 g/mol. The van der Waals surface area contributed by atoms with E-state index >= 15 is 0 Å². The first-order chi connectivity index (χ1) is 11.4. The molecule has 3 rings (SSSR count). The second kappa shape index (κ2) is 6.31. The van der Waals surface area contributed by atoms with Crippen molar-refractivity contribution in [1.29, 1.82) is 0 Å². The van der Waals surface area contributed by atoms with Gasteiger partial charge in [-0.25, -0.2) is 0 Å². The maximum absolute atomic E-state index is 13.2. The molecule has 3 atom stereocenters. The summed E-state index contributed by atoms with van der Waals surface area (Å²) in [6.07, 6.45) is 3.30. The van der Waals surface area contributed by atoms with Gasteiger partial charge in [0.25, 0.3) is 0 Å². The lowest BCUT2D eigenvalue weighted by atomic mass is 9.78. The highest BCUT2D eigenvalue weighted by atomic mass is 32.2. The molecule has 1 heterocycles. The molecule has 24 heavy (non-hydrogen) atoms. The van der Waals surface area contributed by atoms with E-state index in [1.54, 1.807) is 31.2 Å².